The van der Waals surface area contributed by atoms with Gasteiger partial charge in [0, 0.05) is 6.92 Å². The van der Waals surface area contributed by atoms with Crippen LogP contribution in [-0.2, 0) is 11.3 Å². The summed E-state index contributed by atoms with van der Waals surface area (Å²) in [6.07, 6.45) is -3.90. The van der Waals surface area contributed by atoms with Gasteiger partial charge in [0.25, 0.3) is 5.56 Å². The summed E-state index contributed by atoms with van der Waals surface area (Å²) in [5.41, 5.74) is -0.556. The zero-order valence-electron chi connectivity index (χ0n) is 14.4. The van der Waals surface area contributed by atoms with Crippen LogP contribution < -0.4 is 15.6 Å². The highest BCUT2D eigenvalue weighted by Gasteiger charge is 2.35. The first-order valence-corrected chi connectivity index (χ1v) is 8.32. The topological polar surface area (TPSA) is 73.2 Å². The number of halogens is 4. The number of carbonyl (C=O) groups excluding carboxylic acids is 1. The summed E-state index contributed by atoms with van der Waals surface area (Å²) in [7, 11) is 0. The van der Waals surface area contributed by atoms with Crippen molar-refractivity contribution >= 4 is 34.1 Å². The van der Waals surface area contributed by atoms with E-state index in [-0.39, 0.29) is 17.1 Å². The van der Waals surface area contributed by atoms with Crippen molar-refractivity contribution in [1.29, 1.82) is 0 Å². The first kappa shape index (κ1) is 19.7. The maximum Gasteiger partial charge on any atom is 0.573 e. The molecule has 0 aliphatic carbocycles. The van der Waals surface area contributed by atoms with E-state index in [1.165, 1.54) is 12.4 Å². The Labute approximate surface area is 161 Å². The van der Waals surface area contributed by atoms with Crippen LogP contribution in [0.3, 0.4) is 0 Å². The number of aromatic nitrogens is 2. The van der Waals surface area contributed by atoms with Crippen LogP contribution in [0.25, 0.3) is 10.9 Å². The fourth-order valence-electron chi connectivity index (χ4n) is 2.65. The Morgan fingerprint density at radius 1 is 1.29 bits per heavy atom. The highest BCUT2D eigenvalue weighted by Crippen LogP contribution is 2.40. The Morgan fingerprint density at radius 2 is 1.96 bits per heavy atom. The molecule has 1 aromatic heterocycles. The number of hydrogen-bond acceptors (Lipinski definition) is 4. The van der Waals surface area contributed by atoms with Gasteiger partial charge in [0.05, 0.1) is 23.4 Å². The van der Waals surface area contributed by atoms with Crippen LogP contribution in [-0.4, -0.2) is 21.8 Å². The summed E-state index contributed by atoms with van der Waals surface area (Å²) in [5, 5.41) is 1.50. The molecule has 3 rings (SSSR count). The number of alkyl halides is 3. The van der Waals surface area contributed by atoms with E-state index in [0.29, 0.717) is 0 Å². The number of anilines is 1. The number of carbonyl (C=O) groups is 1. The number of benzene rings is 2. The summed E-state index contributed by atoms with van der Waals surface area (Å²) in [4.78, 5) is 28.3. The highest BCUT2D eigenvalue weighted by atomic mass is 35.5. The van der Waals surface area contributed by atoms with E-state index in [1.54, 1.807) is 30.3 Å². The number of rotatable bonds is 4. The third kappa shape index (κ3) is 4.25. The third-order valence-electron chi connectivity index (χ3n) is 3.74. The molecule has 0 atom stereocenters. The Balaban J connectivity index is 2.26. The van der Waals surface area contributed by atoms with Crippen LogP contribution in [0, 0.1) is 0 Å². The van der Waals surface area contributed by atoms with Gasteiger partial charge in [0.1, 0.15) is 11.1 Å². The Bertz CT molecular complexity index is 1100. The Morgan fingerprint density at radius 3 is 2.57 bits per heavy atom. The zero-order chi connectivity index (χ0) is 20.5. The van der Waals surface area contributed by atoms with E-state index in [4.69, 9.17) is 11.6 Å². The smallest absolute Gasteiger partial charge is 0.403 e. The lowest BCUT2D eigenvalue weighted by Crippen LogP contribution is -2.25. The molecule has 0 saturated carbocycles. The van der Waals surface area contributed by atoms with Crippen molar-refractivity contribution in [3.8, 4) is 5.75 Å². The number of nitrogens with zero attached hydrogens (tertiary/aromatic N) is 2. The molecule has 0 radical (unpaired) electrons. The van der Waals surface area contributed by atoms with E-state index < -0.39 is 34.7 Å². The molecule has 1 amide bonds. The van der Waals surface area contributed by atoms with Crippen LogP contribution in [0.15, 0.2) is 47.5 Å². The number of fused-ring (bicyclic) bond motifs is 1. The third-order valence-corrected chi connectivity index (χ3v) is 4.04. The number of amides is 1. The second-order valence-corrected chi connectivity index (χ2v) is 6.26. The average molecular weight is 412 g/mol. The molecule has 0 fully saturated rings. The van der Waals surface area contributed by atoms with Crippen molar-refractivity contribution in [1.82, 2.24) is 9.55 Å². The molecule has 0 saturated heterocycles. The molecule has 2 aromatic carbocycles. The lowest BCUT2D eigenvalue weighted by atomic mass is 10.1. The number of hydrogen-bond donors (Lipinski definition) is 1. The predicted molar refractivity (Wildman–Crippen MR) is 97.5 cm³/mol. The van der Waals surface area contributed by atoms with Crippen LogP contribution in [0.5, 0.6) is 5.75 Å². The molecule has 146 valence electrons. The van der Waals surface area contributed by atoms with Gasteiger partial charge in [-0.2, -0.15) is 0 Å². The van der Waals surface area contributed by atoms with Gasteiger partial charge in [-0.25, -0.2) is 4.98 Å². The maximum atomic E-state index is 13.0. The molecular formula is C18H13ClF3N3O3. The first-order chi connectivity index (χ1) is 13.2. The quantitative estimate of drug-likeness (QED) is 0.705. The normalized spacial score (nSPS) is 11.5. The summed E-state index contributed by atoms with van der Waals surface area (Å²) < 4.78 is 44.2. The van der Waals surface area contributed by atoms with Gasteiger partial charge in [-0.1, -0.05) is 41.9 Å². The molecule has 0 unspecified atom stereocenters. The second-order valence-electron chi connectivity index (χ2n) is 5.85. The van der Waals surface area contributed by atoms with E-state index in [9.17, 15) is 22.8 Å². The van der Waals surface area contributed by atoms with E-state index in [0.717, 1.165) is 17.1 Å². The molecule has 1 heterocycles. The largest absolute Gasteiger partial charge is 0.573 e. The summed E-state index contributed by atoms with van der Waals surface area (Å²) >= 11 is 5.99. The average Bonchev–Trinajstić information content (AvgIpc) is 2.60. The Kier molecular flexibility index (Phi) is 5.28. The molecule has 0 bridgehead atoms. The van der Waals surface area contributed by atoms with Crippen molar-refractivity contribution in [2.45, 2.75) is 19.8 Å². The molecule has 0 spiro atoms. The predicted octanol–water partition coefficient (Wildman–Crippen LogP) is 3.96. The van der Waals surface area contributed by atoms with Gasteiger partial charge in [-0.15, -0.1) is 13.2 Å². The van der Waals surface area contributed by atoms with Crippen molar-refractivity contribution < 1.29 is 22.7 Å². The Hall–Kier alpha value is -3.07. The van der Waals surface area contributed by atoms with Gasteiger partial charge in [0.15, 0.2) is 5.75 Å². The van der Waals surface area contributed by atoms with Gasteiger partial charge in [-0.3, -0.25) is 14.2 Å². The highest BCUT2D eigenvalue weighted by molar-refractivity contribution is 6.35. The van der Waals surface area contributed by atoms with Crippen LogP contribution >= 0.6 is 11.6 Å². The first-order valence-electron chi connectivity index (χ1n) is 7.94. The molecule has 0 aliphatic heterocycles. The van der Waals surface area contributed by atoms with Crippen molar-refractivity contribution in [3.63, 3.8) is 0 Å². The lowest BCUT2D eigenvalue weighted by Gasteiger charge is -2.17. The van der Waals surface area contributed by atoms with Crippen molar-refractivity contribution in [3.05, 3.63) is 63.7 Å². The maximum absolute atomic E-state index is 13.0. The minimum absolute atomic E-state index is 0.0895. The number of nitrogens with one attached hydrogen (secondary N) is 1. The molecule has 28 heavy (non-hydrogen) atoms. The van der Waals surface area contributed by atoms with Crippen LogP contribution in [0.2, 0.25) is 5.02 Å². The van der Waals surface area contributed by atoms with Crippen LogP contribution in [0.4, 0.5) is 18.9 Å². The molecule has 0 aliphatic rings. The fourth-order valence-corrected chi connectivity index (χ4v) is 2.89. The standard InChI is InChI=1S/C18H13ClF3N3O3/c1-10(26)24-15-12(19)7-13-14(16(15)28-18(20,21)22)17(27)25(9-23-13)8-11-5-3-2-4-6-11/h2-7,9H,8H2,1H3,(H,24,26). The summed E-state index contributed by atoms with van der Waals surface area (Å²) in [6.45, 7) is 1.18. The summed E-state index contributed by atoms with van der Waals surface area (Å²) in [5.74, 6) is -1.58. The minimum Gasteiger partial charge on any atom is -0.403 e. The van der Waals surface area contributed by atoms with E-state index in [2.05, 4.69) is 15.0 Å². The molecular weight excluding hydrogens is 399 g/mol. The lowest BCUT2D eigenvalue weighted by molar-refractivity contribution is -0.273. The molecule has 10 heteroatoms. The SMILES string of the molecule is CC(=O)Nc1c(Cl)cc2ncn(Cc3ccccc3)c(=O)c2c1OC(F)(F)F. The van der Waals surface area contributed by atoms with Crippen LogP contribution in [0.1, 0.15) is 12.5 Å². The van der Waals surface area contributed by atoms with E-state index >= 15 is 0 Å². The zero-order valence-corrected chi connectivity index (χ0v) is 15.1. The minimum atomic E-state index is -5.11. The molecule has 1 N–H and O–H groups in total. The van der Waals surface area contributed by atoms with Gasteiger partial charge < -0.3 is 10.1 Å². The second kappa shape index (κ2) is 7.51. The monoisotopic (exact) mass is 411 g/mol. The molecule has 3 aromatic rings. The van der Waals surface area contributed by atoms with Crippen molar-refractivity contribution in [2.24, 2.45) is 0 Å². The van der Waals surface area contributed by atoms with Gasteiger partial charge in [-0.05, 0) is 11.6 Å². The molecule has 6 nitrogen and oxygen atoms in total. The van der Waals surface area contributed by atoms with Gasteiger partial charge in [0.2, 0.25) is 5.91 Å². The number of ether oxygens (including phenoxy) is 1. The fraction of sp³-hybridized carbons (Fsp3) is 0.167. The van der Waals surface area contributed by atoms with E-state index in [1.807, 2.05) is 0 Å². The van der Waals surface area contributed by atoms with Crippen molar-refractivity contribution in [2.75, 3.05) is 5.32 Å². The van der Waals surface area contributed by atoms with Gasteiger partial charge >= 0.3 is 6.36 Å². The summed E-state index contributed by atoms with van der Waals surface area (Å²) in [6, 6.07) is 10.0.